The number of hydrogen-bond donors (Lipinski definition) is 2. The van der Waals surface area contributed by atoms with E-state index >= 15 is 0 Å². The lowest BCUT2D eigenvalue weighted by Gasteiger charge is -2.10. The van der Waals surface area contributed by atoms with E-state index < -0.39 is 11.8 Å². The Morgan fingerprint density at radius 2 is 1.79 bits per heavy atom. The van der Waals surface area contributed by atoms with Crippen LogP contribution in [-0.4, -0.2) is 18.9 Å². The van der Waals surface area contributed by atoms with Crippen LogP contribution in [-0.2, 0) is 16.1 Å². The number of anilines is 1. The summed E-state index contributed by atoms with van der Waals surface area (Å²) in [6, 6.07) is 15.9. The van der Waals surface area contributed by atoms with Crippen LogP contribution < -0.4 is 15.4 Å². The third-order valence-electron chi connectivity index (χ3n) is 3.31. The van der Waals surface area contributed by atoms with Crippen molar-refractivity contribution in [2.24, 2.45) is 0 Å². The molecule has 0 aliphatic carbocycles. The molecule has 2 aromatic carbocycles. The molecule has 0 aliphatic rings. The Morgan fingerprint density at radius 1 is 1.08 bits per heavy atom. The molecule has 6 nitrogen and oxygen atoms in total. The van der Waals surface area contributed by atoms with Gasteiger partial charge in [0.1, 0.15) is 18.2 Å². The average molecular weight is 323 g/mol. The number of carbonyl (C=O) groups excluding carboxylic acids is 2. The number of nitrogens with one attached hydrogen (secondary N) is 2. The smallest absolute Gasteiger partial charge is 0.233 e. The van der Waals surface area contributed by atoms with Crippen molar-refractivity contribution >= 4 is 17.5 Å². The van der Waals surface area contributed by atoms with Crippen molar-refractivity contribution in [2.45, 2.75) is 13.0 Å². The number of carbonyl (C=O) groups is 2. The van der Waals surface area contributed by atoms with E-state index in [0.717, 1.165) is 5.56 Å². The van der Waals surface area contributed by atoms with Gasteiger partial charge in [-0.15, -0.1) is 0 Å². The number of hydrogen-bond acceptors (Lipinski definition) is 4. The number of benzene rings is 2. The first-order chi connectivity index (χ1) is 11.6. The summed E-state index contributed by atoms with van der Waals surface area (Å²) in [5.74, 6) is -0.215. The maximum Gasteiger partial charge on any atom is 0.233 e. The lowest BCUT2D eigenvalue weighted by atomic mass is 10.2. The van der Waals surface area contributed by atoms with Crippen molar-refractivity contribution in [3.63, 3.8) is 0 Å². The average Bonchev–Trinajstić information content (AvgIpc) is 2.60. The Kier molecular flexibility index (Phi) is 5.92. The second kappa shape index (κ2) is 8.34. The van der Waals surface area contributed by atoms with E-state index in [0.29, 0.717) is 17.0 Å². The SMILES string of the molecule is COc1ccccc1CNC(=O)CC(=O)Nc1ccccc1C#N. The summed E-state index contributed by atoms with van der Waals surface area (Å²) < 4.78 is 5.20. The molecule has 0 aromatic heterocycles. The zero-order chi connectivity index (χ0) is 17.4. The Bertz CT molecular complexity index is 781. The fourth-order valence-electron chi connectivity index (χ4n) is 2.14. The highest BCUT2D eigenvalue weighted by Gasteiger charge is 2.12. The van der Waals surface area contributed by atoms with Gasteiger partial charge in [0, 0.05) is 12.1 Å². The molecule has 0 spiro atoms. The largest absolute Gasteiger partial charge is 0.496 e. The molecule has 2 aromatic rings. The molecule has 2 amide bonds. The monoisotopic (exact) mass is 323 g/mol. The third-order valence-corrected chi connectivity index (χ3v) is 3.31. The zero-order valence-electron chi connectivity index (χ0n) is 13.2. The van der Waals surface area contributed by atoms with Gasteiger partial charge in [-0.3, -0.25) is 9.59 Å². The van der Waals surface area contributed by atoms with Gasteiger partial charge in [-0.05, 0) is 18.2 Å². The minimum Gasteiger partial charge on any atom is -0.496 e. The second-order valence-electron chi connectivity index (χ2n) is 4.97. The Morgan fingerprint density at radius 3 is 2.54 bits per heavy atom. The molecule has 24 heavy (non-hydrogen) atoms. The lowest BCUT2D eigenvalue weighted by Crippen LogP contribution is -2.28. The van der Waals surface area contributed by atoms with Gasteiger partial charge in [-0.2, -0.15) is 5.26 Å². The highest BCUT2D eigenvalue weighted by Crippen LogP contribution is 2.17. The van der Waals surface area contributed by atoms with Crippen molar-refractivity contribution in [1.82, 2.24) is 5.32 Å². The number of amides is 2. The molecule has 2 N–H and O–H groups in total. The molecule has 6 heteroatoms. The molecule has 0 fully saturated rings. The van der Waals surface area contributed by atoms with Crippen LogP contribution in [0.15, 0.2) is 48.5 Å². The van der Waals surface area contributed by atoms with Crippen molar-refractivity contribution in [3.8, 4) is 11.8 Å². The predicted molar refractivity (Wildman–Crippen MR) is 89.2 cm³/mol. The van der Waals surface area contributed by atoms with Gasteiger partial charge in [0.2, 0.25) is 11.8 Å². The molecule has 122 valence electrons. The van der Waals surface area contributed by atoms with E-state index in [1.807, 2.05) is 24.3 Å². The maximum atomic E-state index is 11.9. The topological polar surface area (TPSA) is 91.2 Å². The number of para-hydroxylation sites is 2. The summed E-state index contributed by atoms with van der Waals surface area (Å²) in [5, 5.41) is 14.2. The van der Waals surface area contributed by atoms with Crippen molar-refractivity contribution < 1.29 is 14.3 Å². The molecule has 0 aliphatic heterocycles. The predicted octanol–water partition coefficient (Wildman–Crippen LogP) is 2.21. The van der Waals surface area contributed by atoms with Crippen LogP contribution in [0.1, 0.15) is 17.5 Å². The maximum absolute atomic E-state index is 11.9. The molecule has 0 atom stereocenters. The van der Waals surface area contributed by atoms with E-state index in [1.54, 1.807) is 37.4 Å². The van der Waals surface area contributed by atoms with Crippen LogP contribution in [0.5, 0.6) is 5.75 Å². The molecule has 0 saturated heterocycles. The van der Waals surface area contributed by atoms with E-state index in [1.165, 1.54) is 0 Å². The van der Waals surface area contributed by atoms with Crippen LogP contribution in [0.2, 0.25) is 0 Å². The quantitative estimate of drug-likeness (QED) is 0.797. The Labute approximate surface area is 140 Å². The van der Waals surface area contributed by atoms with Gasteiger partial charge in [0.15, 0.2) is 0 Å². The second-order valence-corrected chi connectivity index (χ2v) is 4.97. The van der Waals surface area contributed by atoms with E-state index in [2.05, 4.69) is 10.6 Å². The number of nitrogens with zero attached hydrogens (tertiary/aromatic N) is 1. The van der Waals surface area contributed by atoms with Crippen LogP contribution in [0.25, 0.3) is 0 Å². The summed E-state index contributed by atoms with van der Waals surface area (Å²) in [6.07, 6.45) is -0.324. The first-order valence-corrected chi connectivity index (χ1v) is 7.31. The molecular weight excluding hydrogens is 306 g/mol. The standard InChI is InChI=1S/C18H17N3O3/c1-24-16-9-5-3-7-14(16)12-20-17(22)10-18(23)21-15-8-4-2-6-13(15)11-19/h2-9H,10,12H2,1H3,(H,20,22)(H,21,23). The lowest BCUT2D eigenvalue weighted by molar-refractivity contribution is -0.126. The minimum absolute atomic E-state index is 0.269. The highest BCUT2D eigenvalue weighted by atomic mass is 16.5. The van der Waals surface area contributed by atoms with Crippen LogP contribution in [0.3, 0.4) is 0 Å². The van der Waals surface area contributed by atoms with Gasteiger partial charge in [-0.1, -0.05) is 30.3 Å². The number of methoxy groups -OCH3 is 1. The number of ether oxygens (including phenoxy) is 1. The van der Waals surface area contributed by atoms with Crippen molar-refractivity contribution in [1.29, 1.82) is 5.26 Å². The molecule has 0 bridgehead atoms. The van der Waals surface area contributed by atoms with Gasteiger partial charge >= 0.3 is 0 Å². The van der Waals surface area contributed by atoms with Crippen molar-refractivity contribution in [3.05, 3.63) is 59.7 Å². The molecule has 0 unspecified atom stereocenters. The van der Waals surface area contributed by atoms with Gasteiger partial charge in [0.25, 0.3) is 0 Å². The summed E-state index contributed by atoms with van der Waals surface area (Å²) in [6.45, 7) is 0.269. The third kappa shape index (κ3) is 4.58. The summed E-state index contributed by atoms with van der Waals surface area (Å²) in [7, 11) is 1.56. The van der Waals surface area contributed by atoms with Gasteiger partial charge in [-0.25, -0.2) is 0 Å². The normalized spacial score (nSPS) is 9.67. The molecule has 0 saturated carbocycles. The molecule has 0 heterocycles. The number of nitriles is 1. The van der Waals surface area contributed by atoms with Gasteiger partial charge in [0.05, 0.1) is 18.4 Å². The van der Waals surface area contributed by atoms with Crippen LogP contribution in [0.4, 0.5) is 5.69 Å². The fraction of sp³-hybridized carbons (Fsp3) is 0.167. The fourth-order valence-corrected chi connectivity index (χ4v) is 2.14. The Hall–Kier alpha value is -3.33. The van der Waals surface area contributed by atoms with Crippen LogP contribution >= 0.6 is 0 Å². The number of rotatable bonds is 6. The summed E-state index contributed by atoms with van der Waals surface area (Å²) in [4.78, 5) is 23.8. The van der Waals surface area contributed by atoms with Crippen LogP contribution in [0, 0.1) is 11.3 Å². The Balaban J connectivity index is 1.88. The molecule has 2 rings (SSSR count). The summed E-state index contributed by atoms with van der Waals surface area (Å²) in [5.41, 5.74) is 1.56. The first-order valence-electron chi connectivity index (χ1n) is 7.31. The minimum atomic E-state index is -0.477. The highest BCUT2D eigenvalue weighted by molar-refractivity contribution is 6.04. The first kappa shape index (κ1) is 17.0. The zero-order valence-corrected chi connectivity index (χ0v) is 13.2. The molecule has 0 radical (unpaired) electrons. The van der Waals surface area contributed by atoms with E-state index in [-0.39, 0.29) is 13.0 Å². The van der Waals surface area contributed by atoms with E-state index in [9.17, 15) is 9.59 Å². The summed E-state index contributed by atoms with van der Waals surface area (Å²) >= 11 is 0. The molecular formula is C18H17N3O3. The van der Waals surface area contributed by atoms with Crippen molar-refractivity contribution in [2.75, 3.05) is 12.4 Å². The van der Waals surface area contributed by atoms with E-state index in [4.69, 9.17) is 10.00 Å². The van der Waals surface area contributed by atoms with Gasteiger partial charge < -0.3 is 15.4 Å².